The van der Waals surface area contributed by atoms with Gasteiger partial charge in [0.25, 0.3) is 0 Å². The lowest BCUT2D eigenvalue weighted by atomic mass is 10.3. The second-order valence-electron chi connectivity index (χ2n) is 3.93. The van der Waals surface area contributed by atoms with Crippen LogP contribution in [0.15, 0.2) is 24.3 Å². The SMILES string of the molecule is CCNCCCCOc1ccc(OC(F)(F)F)cc1. The van der Waals surface area contributed by atoms with Crippen LogP contribution in [0, 0.1) is 0 Å². The van der Waals surface area contributed by atoms with Crippen molar-refractivity contribution in [2.45, 2.75) is 26.1 Å². The molecule has 0 aromatic heterocycles. The van der Waals surface area contributed by atoms with Crippen LogP contribution in [0.1, 0.15) is 19.8 Å². The average Bonchev–Trinajstić information content (AvgIpc) is 2.34. The minimum Gasteiger partial charge on any atom is -0.494 e. The quantitative estimate of drug-likeness (QED) is 0.739. The van der Waals surface area contributed by atoms with Gasteiger partial charge < -0.3 is 14.8 Å². The summed E-state index contributed by atoms with van der Waals surface area (Å²) in [5.74, 6) is 0.296. The first kappa shape index (κ1) is 15.6. The molecule has 0 radical (unpaired) electrons. The number of rotatable bonds is 8. The molecule has 1 N–H and O–H groups in total. The molecule has 0 aliphatic carbocycles. The number of benzene rings is 1. The van der Waals surface area contributed by atoms with Gasteiger partial charge >= 0.3 is 6.36 Å². The largest absolute Gasteiger partial charge is 0.573 e. The molecule has 0 bridgehead atoms. The number of unbranched alkanes of at least 4 members (excludes halogenated alkanes) is 1. The fourth-order valence-electron chi connectivity index (χ4n) is 1.46. The number of ether oxygens (including phenoxy) is 2. The lowest BCUT2D eigenvalue weighted by Crippen LogP contribution is -2.17. The average molecular weight is 277 g/mol. The van der Waals surface area contributed by atoms with Crippen molar-refractivity contribution in [3.63, 3.8) is 0 Å². The molecule has 0 aliphatic rings. The first-order valence-electron chi connectivity index (χ1n) is 6.20. The molecular weight excluding hydrogens is 259 g/mol. The smallest absolute Gasteiger partial charge is 0.494 e. The van der Waals surface area contributed by atoms with Crippen LogP contribution in [0.5, 0.6) is 11.5 Å². The Hall–Kier alpha value is -1.43. The van der Waals surface area contributed by atoms with Crippen LogP contribution in [-0.4, -0.2) is 26.1 Å². The van der Waals surface area contributed by atoms with E-state index in [0.29, 0.717) is 12.4 Å². The third-order valence-corrected chi connectivity index (χ3v) is 2.32. The molecule has 0 heterocycles. The highest BCUT2D eigenvalue weighted by Gasteiger charge is 2.30. The summed E-state index contributed by atoms with van der Waals surface area (Å²) in [7, 11) is 0. The first-order chi connectivity index (χ1) is 9.01. The topological polar surface area (TPSA) is 30.5 Å². The summed E-state index contributed by atoms with van der Waals surface area (Å²) in [6.45, 7) is 4.48. The van der Waals surface area contributed by atoms with Crippen LogP contribution in [0.3, 0.4) is 0 Å². The maximum absolute atomic E-state index is 11.9. The molecule has 108 valence electrons. The first-order valence-corrected chi connectivity index (χ1v) is 6.20. The van der Waals surface area contributed by atoms with Crippen molar-refractivity contribution >= 4 is 0 Å². The van der Waals surface area contributed by atoms with Gasteiger partial charge in [-0.25, -0.2) is 0 Å². The molecule has 1 rings (SSSR count). The van der Waals surface area contributed by atoms with Crippen LogP contribution in [0.4, 0.5) is 13.2 Å². The molecule has 0 saturated heterocycles. The summed E-state index contributed by atoms with van der Waals surface area (Å²) in [6, 6.07) is 5.40. The Morgan fingerprint density at radius 2 is 1.68 bits per heavy atom. The standard InChI is InChI=1S/C13H18F3NO2/c1-2-17-9-3-4-10-18-11-5-7-12(8-6-11)19-13(14,15)16/h5-8,17H,2-4,9-10H2,1H3. The van der Waals surface area contributed by atoms with E-state index < -0.39 is 6.36 Å². The number of halogens is 3. The summed E-state index contributed by atoms with van der Waals surface area (Å²) >= 11 is 0. The number of hydrogen-bond donors (Lipinski definition) is 1. The summed E-state index contributed by atoms with van der Waals surface area (Å²) in [5.41, 5.74) is 0. The van der Waals surface area contributed by atoms with E-state index in [2.05, 4.69) is 10.1 Å². The van der Waals surface area contributed by atoms with Crippen molar-refractivity contribution in [1.82, 2.24) is 5.32 Å². The molecule has 0 unspecified atom stereocenters. The number of hydrogen-bond acceptors (Lipinski definition) is 3. The van der Waals surface area contributed by atoms with Gasteiger partial charge in [-0.15, -0.1) is 13.2 Å². The maximum atomic E-state index is 11.9. The van der Waals surface area contributed by atoms with E-state index in [1.807, 2.05) is 6.92 Å². The molecule has 0 spiro atoms. The van der Waals surface area contributed by atoms with Crippen LogP contribution < -0.4 is 14.8 Å². The molecule has 1 aromatic carbocycles. The van der Waals surface area contributed by atoms with Crippen molar-refractivity contribution in [3.05, 3.63) is 24.3 Å². The van der Waals surface area contributed by atoms with E-state index in [1.165, 1.54) is 24.3 Å². The van der Waals surface area contributed by atoms with E-state index >= 15 is 0 Å². The van der Waals surface area contributed by atoms with Crippen molar-refractivity contribution < 1.29 is 22.6 Å². The van der Waals surface area contributed by atoms with Gasteiger partial charge in [-0.1, -0.05) is 6.92 Å². The zero-order chi connectivity index (χ0) is 14.1. The third-order valence-electron chi connectivity index (χ3n) is 2.32. The highest BCUT2D eigenvalue weighted by atomic mass is 19.4. The predicted octanol–water partition coefficient (Wildman–Crippen LogP) is 3.35. The zero-order valence-electron chi connectivity index (χ0n) is 10.8. The Labute approximate surface area is 110 Å². The predicted molar refractivity (Wildman–Crippen MR) is 66.4 cm³/mol. The highest BCUT2D eigenvalue weighted by molar-refractivity contribution is 5.31. The van der Waals surface area contributed by atoms with Crippen molar-refractivity contribution in [2.24, 2.45) is 0 Å². The molecular formula is C13H18F3NO2. The number of nitrogens with one attached hydrogen (secondary N) is 1. The Bertz CT molecular complexity index is 352. The second kappa shape index (κ2) is 7.89. The normalized spacial score (nSPS) is 11.4. The van der Waals surface area contributed by atoms with E-state index in [4.69, 9.17) is 4.74 Å². The molecule has 3 nitrogen and oxygen atoms in total. The minimum atomic E-state index is -4.66. The molecule has 0 amide bonds. The Morgan fingerprint density at radius 1 is 1.05 bits per heavy atom. The van der Waals surface area contributed by atoms with Crippen molar-refractivity contribution in [1.29, 1.82) is 0 Å². The molecule has 6 heteroatoms. The van der Waals surface area contributed by atoms with Crippen LogP contribution in [0.25, 0.3) is 0 Å². The summed E-state index contributed by atoms with van der Waals surface area (Å²) in [6.07, 6.45) is -2.76. The van der Waals surface area contributed by atoms with E-state index in [-0.39, 0.29) is 5.75 Å². The summed E-state index contributed by atoms with van der Waals surface area (Å²) in [5, 5.41) is 3.20. The van der Waals surface area contributed by atoms with Gasteiger partial charge in [-0.3, -0.25) is 0 Å². The highest BCUT2D eigenvalue weighted by Crippen LogP contribution is 2.24. The van der Waals surface area contributed by atoms with Gasteiger partial charge in [-0.2, -0.15) is 0 Å². The van der Waals surface area contributed by atoms with Crippen LogP contribution in [-0.2, 0) is 0 Å². The van der Waals surface area contributed by atoms with E-state index in [0.717, 1.165) is 25.9 Å². The van der Waals surface area contributed by atoms with Crippen molar-refractivity contribution in [3.8, 4) is 11.5 Å². The molecule has 0 atom stereocenters. The van der Waals surface area contributed by atoms with Gasteiger partial charge in [0, 0.05) is 0 Å². The monoisotopic (exact) mass is 277 g/mol. The zero-order valence-corrected chi connectivity index (χ0v) is 10.8. The van der Waals surface area contributed by atoms with Gasteiger partial charge in [0.15, 0.2) is 0 Å². The van der Waals surface area contributed by atoms with Gasteiger partial charge in [-0.05, 0) is 50.2 Å². The second-order valence-corrected chi connectivity index (χ2v) is 3.93. The Kier molecular flexibility index (Phi) is 6.49. The Balaban J connectivity index is 2.25. The Morgan fingerprint density at radius 3 is 2.26 bits per heavy atom. The molecule has 0 aliphatic heterocycles. The van der Waals surface area contributed by atoms with E-state index in [9.17, 15) is 13.2 Å². The van der Waals surface area contributed by atoms with Gasteiger partial charge in [0.1, 0.15) is 11.5 Å². The van der Waals surface area contributed by atoms with Crippen molar-refractivity contribution in [2.75, 3.05) is 19.7 Å². The van der Waals surface area contributed by atoms with Gasteiger partial charge in [0.2, 0.25) is 0 Å². The lowest BCUT2D eigenvalue weighted by Gasteiger charge is -2.10. The maximum Gasteiger partial charge on any atom is 0.573 e. The number of alkyl halides is 3. The molecule has 19 heavy (non-hydrogen) atoms. The fourth-order valence-corrected chi connectivity index (χ4v) is 1.46. The minimum absolute atomic E-state index is 0.244. The lowest BCUT2D eigenvalue weighted by molar-refractivity contribution is -0.274. The van der Waals surface area contributed by atoms with Gasteiger partial charge in [0.05, 0.1) is 6.61 Å². The van der Waals surface area contributed by atoms with E-state index in [1.54, 1.807) is 0 Å². The molecule has 0 saturated carbocycles. The summed E-state index contributed by atoms with van der Waals surface area (Å²) < 4.78 is 45.0. The van der Waals surface area contributed by atoms with Crippen LogP contribution >= 0.6 is 0 Å². The fraction of sp³-hybridized carbons (Fsp3) is 0.538. The molecule has 1 aromatic rings. The third kappa shape index (κ3) is 7.56. The summed E-state index contributed by atoms with van der Waals surface area (Å²) in [4.78, 5) is 0. The molecule has 0 fully saturated rings. The van der Waals surface area contributed by atoms with Crippen LogP contribution in [0.2, 0.25) is 0 Å².